The molecule has 0 saturated carbocycles. The molecule has 0 N–H and O–H groups in total. The molecule has 0 amide bonds. The minimum absolute atomic E-state index is 0.00496. The van der Waals surface area contributed by atoms with Gasteiger partial charge in [-0.2, -0.15) is 0 Å². The lowest BCUT2D eigenvalue weighted by Crippen LogP contribution is -2.18. The summed E-state index contributed by atoms with van der Waals surface area (Å²) in [5.41, 5.74) is 4.35. The number of hydrogen-bond acceptors (Lipinski definition) is 4. The van der Waals surface area contributed by atoms with E-state index in [1.807, 2.05) is 23.0 Å². The van der Waals surface area contributed by atoms with E-state index in [4.69, 9.17) is 16.6 Å². The van der Waals surface area contributed by atoms with Gasteiger partial charge in [-0.15, -0.1) is 0 Å². The molecule has 188 valence electrons. The maximum Gasteiger partial charge on any atom is 0.530 e. The zero-order valence-electron chi connectivity index (χ0n) is 22.8. The lowest BCUT2D eigenvalue weighted by Gasteiger charge is -2.28. The van der Waals surface area contributed by atoms with Crippen molar-refractivity contribution in [2.24, 2.45) is 0 Å². The van der Waals surface area contributed by atoms with E-state index in [9.17, 15) is 0 Å². The average Bonchev–Trinajstić information content (AvgIpc) is 3.06. The van der Waals surface area contributed by atoms with Crippen LogP contribution in [0.4, 0.5) is 0 Å². The molecule has 2 aromatic carbocycles. The van der Waals surface area contributed by atoms with Crippen LogP contribution in [0.5, 0.6) is 23.0 Å². The summed E-state index contributed by atoms with van der Waals surface area (Å²) in [6.45, 7) is 26.4. The molecule has 2 aromatic rings. The first kappa shape index (κ1) is 27.4. The topological polar surface area (TPSA) is 36.9 Å². The van der Waals surface area contributed by atoms with Crippen molar-refractivity contribution in [3.8, 4) is 23.0 Å². The van der Waals surface area contributed by atoms with Crippen LogP contribution in [0.2, 0.25) is 0 Å². The van der Waals surface area contributed by atoms with Crippen LogP contribution in [0, 0.1) is 0 Å². The first-order valence-corrected chi connectivity index (χ1v) is 13.8. The third-order valence-corrected chi connectivity index (χ3v) is 7.53. The SMILES string of the molecule is CC(C)(C)c1cc(OI)c(OP2Oc3cc(C(C)(C)C)cc(C(C)(C)C)c3O2)c(C(C)(C)C)c1. The van der Waals surface area contributed by atoms with Crippen LogP contribution in [0.1, 0.15) is 105 Å². The molecule has 0 saturated heterocycles. The van der Waals surface area contributed by atoms with Gasteiger partial charge in [0.2, 0.25) is 0 Å². The summed E-state index contributed by atoms with van der Waals surface area (Å²) in [5.74, 6) is 2.91. The Morgan fingerprint density at radius 1 is 0.647 bits per heavy atom. The Morgan fingerprint density at radius 3 is 1.62 bits per heavy atom. The lowest BCUT2D eigenvalue weighted by atomic mass is 9.80. The van der Waals surface area contributed by atoms with Crippen molar-refractivity contribution in [3.63, 3.8) is 0 Å². The molecule has 0 aromatic heterocycles. The van der Waals surface area contributed by atoms with Crippen molar-refractivity contribution in [3.05, 3.63) is 46.5 Å². The molecule has 6 heteroatoms. The number of hydrogen-bond donors (Lipinski definition) is 0. The molecule has 0 aliphatic carbocycles. The van der Waals surface area contributed by atoms with Gasteiger partial charge in [0.05, 0.1) is 0 Å². The predicted octanol–water partition coefficient (Wildman–Crippen LogP) is 9.68. The van der Waals surface area contributed by atoms with E-state index in [2.05, 4.69) is 107 Å². The smallest absolute Gasteiger partial charge is 0.424 e. The first-order chi connectivity index (χ1) is 15.3. The summed E-state index contributed by atoms with van der Waals surface area (Å²) in [7, 11) is -1.67. The van der Waals surface area contributed by atoms with Gasteiger partial charge in [-0.1, -0.05) is 95.2 Å². The minimum atomic E-state index is -1.67. The fourth-order valence-corrected chi connectivity index (χ4v) is 5.19. The highest BCUT2D eigenvalue weighted by atomic mass is 127. The molecule has 3 rings (SSSR count). The molecule has 34 heavy (non-hydrogen) atoms. The van der Waals surface area contributed by atoms with Crippen LogP contribution < -0.4 is 16.6 Å². The first-order valence-electron chi connectivity index (χ1n) is 11.8. The van der Waals surface area contributed by atoms with Crippen molar-refractivity contribution in [2.45, 2.75) is 105 Å². The van der Waals surface area contributed by atoms with E-state index < -0.39 is 8.60 Å². The standard InChI is InChI=1S/C28H40IO4P/c1-25(2,3)17-13-19(27(7,8)9)23(21(15-17)30-29)32-34-31-22-16-18(26(4,5)6)14-20(24(22)33-34)28(10,11)12/h13-16H,1-12H3. The third-order valence-electron chi connectivity index (χ3n) is 6.05. The Balaban J connectivity index is 2.07. The van der Waals surface area contributed by atoms with Crippen molar-refractivity contribution >= 4 is 31.6 Å². The molecule has 0 radical (unpaired) electrons. The molecule has 4 nitrogen and oxygen atoms in total. The maximum atomic E-state index is 6.49. The Hall–Kier alpha value is -1.20. The summed E-state index contributed by atoms with van der Waals surface area (Å²) in [4.78, 5) is 0. The fourth-order valence-electron chi connectivity index (χ4n) is 3.78. The Kier molecular flexibility index (Phi) is 7.27. The van der Waals surface area contributed by atoms with Gasteiger partial charge in [0.15, 0.2) is 46.0 Å². The summed E-state index contributed by atoms with van der Waals surface area (Å²) in [5, 5.41) is 0. The van der Waals surface area contributed by atoms with Crippen LogP contribution in [0.25, 0.3) is 0 Å². The van der Waals surface area contributed by atoms with E-state index in [0.29, 0.717) is 11.5 Å². The summed E-state index contributed by atoms with van der Waals surface area (Å²) in [6.07, 6.45) is 0. The van der Waals surface area contributed by atoms with Gasteiger partial charge in [-0.25, -0.2) is 0 Å². The van der Waals surface area contributed by atoms with Gasteiger partial charge in [0, 0.05) is 11.1 Å². The zero-order valence-corrected chi connectivity index (χ0v) is 25.8. The normalized spacial score (nSPS) is 16.6. The molecule has 1 unspecified atom stereocenters. The average molecular weight is 599 g/mol. The summed E-state index contributed by atoms with van der Waals surface area (Å²) in [6, 6.07) is 8.64. The van der Waals surface area contributed by atoms with Crippen LogP contribution in [0.3, 0.4) is 0 Å². The molecular weight excluding hydrogens is 558 g/mol. The van der Waals surface area contributed by atoms with Gasteiger partial charge in [-0.05, 0) is 44.9 Å². The van der Waals surface area contributed by atoms with Gasteiger partial charge in [0.25, 0.3) is 0 Å². The second kappa shape index (κ2) is 9.03. The minimum Gasteiger partial charge on any atom is -0.424 e. The summed E-state index contributed by atoms with van der Waals surface area (Å²) < 4.78 is 25.0. The number of halogens is 1. The zero-order chi connectivity index (χ0) is 25.9. The van der Waals surface area contributed by atoms with E-state index in [1.54, 1.807) is 0 Å². The third kappa shape index (κ3) is 5.78. The van der Waals surface area contributed by atoms with E-state index >= 15 is 0 Å². The number of benzene rings is 2. The van der Waals surface area contributed by atoms with Crippen LogP contribution in [-0.2, 0) is 21.7 Å². The second-order valence-corrected chi connectivity index (χ2v) is 14.7. The van der Waals surface area contributed by atoms with Gasteiger partial charge >= 0.3 is 8.60 Å². The number of rotatable bonds is 3. The van der Waals surface area contributed by atoms with Gasteiger partial charge in [-0.3, -0.25) is 0 Å². The predicted molar refractivity (Wildman–Crippen MR) is 151 cm³/mol. The van der Waals surface area contributed by atoms with Gasteiger partial charge < -0.3 is 16.6 Å². The largest absolute Gasteiger partial charge is 0.530 e. The molecule has 1 aliphatic rings. The van der Waals surface area contributed by atoms with Crippen LogP contribution >= 0.6 is 31.6 Å². The van der Waals surface area contributed by atoms with Gasteiger partial charge in [0.1, 0.15) is 0 Å². The van der Waals surface area contributed by atoms with Crippen LogP contribution in [0.15, 0.2) is 24.3 Å². The highest BCUT2D eigenvalue weighted by Crippen LogP contribution is 2.59. The maximum absolute atomic E-state index is 6.49. The van der Waals surface area contributed by atoms with E-state index in [1.165, 1.54) is 11.1 Å². The molecule has 0 fully saturated rings. The van der Waals surface area contributed by atoms with E-state index in [0.717, 1.165) is 22.6 Å². The Bertz CT molecular complexity index is 1070. The van der Waals surface area contributed by atoms with Crippen LogP contribution in [-0.4, -0.2) is 0 Å². The second-order valence-electron chi connectivity index (χ2n) is 13.3. The fraction of sp³-hybridized carbons (Fsp3) is 0.571. The van der Waals surface area contributed by atoms with Crippen molar-refractivity contribution in [2.75, 3.05) is 0 Å². The highest BCUT2D eigenvalue weighted by Gasteiger charge is 2.38. The van der Waals surface area contributed by atoms with Crippen molar-refractivity contribution in [1.29, 1.82) is 0 Å². The molecule has 1 atom stereocenters. The molecule has 0 bridgehead atoms. The molecular formula is C28H40IO4P. The highest BCUT2D eigenvalue weighted by molar-refractivity contribution is 14.1. The number of fused-ring (bicyclic) bond motifs is 1. The molecule has 1 aliphatic heterocycles. The Morgan fingerprint density at radius 2 is 1.15 bits per heavy atom. The summed E-state index contributed by atoms with van der Waals surface area (Å²) >= 11 is 1.93. The monoisotopic (exact) mass is 598 g/mol. The molecule has 0 spiro atoms. The van der Waals surface area contributed by atoms with E-state index in [-0.39, 0.29) is 21.7 Å². The quantitative estimate of drug-likeness (QED) is 0.260. The van der Waals surface area contributed by atoms with Crippen molar-refractivity contribution in [1.82, 2.24) is 0 Å². The Labute approximate surface area is 221 Å². The molecule has 1 heterocycles. The lowest BCUT2D eigenvalue weighted by molar-refractivity contribution is 0.414. The van der Waals surface area contributed by atoms with Crippen molar-refractivity contribution < 1.29 is 16.6 Å².